The van der Waals surface area contributed by atoms with Gasteiger partial charge in [0, 0.05) is 19.0 Å². The lowest BCUT2D eigenvalue weighted by Gasteiger charge is -1.98. The second-order valence-electron chi connectivity index (χ2n) is 2.70. The van der Waals surface area contributed by atoms with Crippen LogP contribution in [0.1, 0.15) is 20.3 Å². The van der Waals surface area contributed by atoms with Gasteiger partial charge in [-0.2, -0.15) is 0 Å². The summed E-state index contributed by atoms with van der Waals surface area (Å²) in [5.41, 5.74) is 0.537. The van der Waals surface area contributed by atoms with Crippen LogP contribution in [0, 0.1) is 10.1 Å². The Morgan fingerprint density at radius 3 is 2.50 bits per heavy atom. The van der Waals surface area contributed by atoms with Crippen molar-refractivity contribution in [2.45, 2.75) is 20.3 Å². The Bertz CT molecular complexity index is 292. The summed E-state index contributed by atoms with van der Waals surface area (Å²) in [5, 5.41) is 12.9. The van der Waals surface area contributed by atoms with Crippen molar-refractivity contribution in [1.82, 2.24) is 5.32 Å². The smallest absolute Gasteiger partial charge is 0.267 e. The van der Waals surface area contributed by atoms with Gasteiger partial charge in [-0.05, 0) is 19.9 Å². The molecule has 0 aliphatic heterocycles. The van der Waals surface area contributed by atoms with E-state index in [0.717, 1.165) is 0 Å². The zero-order valence-electron chi connectivity index (χ0n) is 8.53. The highest BCUT2D eigenvalue weighted by molar-refractivity contribution is 5.77. The molecule has 0 saturated carbocycles. The Balaban J connectivity index is 4.52. The van der Waals surface area contributed by atoms with E-state index in [2.05, 4.69) is 5.32 Å². The molecule has 0 aromatic carbocycles. The third-order valence-electron chi connectivity index (χ3n) is 1.75. The molecule has 0 rings (SSSR count). The number of carbonyl (C=O) groups is 1. The fourth-order valence-electron chi connectivity index (χ4n) is 0.929. The van der Waals surface area contributed by atoms with E-state index in [1.807, 2.05) is 0 Å². The van der Waals surface area contributed by atoms with Gasteiger partial charge in [-0.25, -0.2) is 0 Å². The van der Waals surface area contributed by atoms with Crippen molar-refractivity contribution in [2.24, 2.45) is 0 Å². The van der Waals surface area contributed by atoms with Crippen LogP contribution in [-0.2, 0) is 4.79 Å². The first kappa shape index (κ1) is 12.3. The predicted octanol–water partition coefficient (Wildman–Crippen LogP) is 1.25. The Hall–Kier alpha value is -1.65. The minimum Gasteiger partial charge on any atom is -0.359 e. The van der Waals surface area contributed by atoms with E-state index in [4.69, 9.17) is 0 Å². The standard InChI is InChI=1S/C9H14N2O3/c1-4-8(11(13)14)7(2)5-6-9(12)10-3/h4-5H,6H2,1-3H3,(H,10,12). The van der Waals surface area contributed by atoms with Crippen LogP contribution >= 0.6 is 0 Å². The Kier molecular flexibility index (Phi) is 5.21. The topological polar surface area (TPSA) is 72.2 Å². The monoisotopic (exact) mass is 198 g/mol. The zero-order valence-corrected chi connectivity index (χ0v) is 8.53. The molecule has 0 atom stereocenters. The molecule has 1 N–H and O–H groups in total. The fraction of sp³-hybridized carbons (Fsp3) is 0.444. The molecule has 0 bridgehead atoms. The molecule has 5 heteroatoms. The lowest BCUT2D eigenvalue weighted by Crippen LogP contribution is -2.16. The summed E-state index contributed by atoms with van der Waals surface area (Å²) in [6, 6.07) is 0. The molecule has 14 heavy (non-hydrogen) atoms. The Morgan fingerprint density at radius 2 is 2.14 bits per heavy atom. The van der Waals surface area contributed by atoms with E-state index in [1.54, 1.807) is 13.8 Å². The average Bonchev–Trinajstić information content (AvgIpc) is 2.14. The molecule has 0 aliphatic rings. The molecule has 0 unspecified atom stereocenters. The van der Waals surface area contributed by atoms with Gasteiger partial charge in [0.25, 0.3) is 5.70 Å². The van der Waals surface area contributed by atoms with Crippen molar-refractivity contribution in [3.8, 4) is 0 Å². The van der Waals surface area contributed by atoms with Gasteiger partial charge in [-0.15, -0.1) is 0 Å². The number of hydrogen-bond acceptors (Lipinski definition) is 3. The van der Waals surface area contributed by atoms with Crippen molar-refractivity contribution < 1.29 is 9.72 Å². The highest BCUT2D eigenvalue weighted by Gasteiger charge is 2.11. The summed E-state index contributed by atoms with van der Waals surface area (Å²) in [5.74, 6) is -0.164. The van der Waals surface area contributed by atoms with Crippen LogP contribution in [0.25, 0.3) is 0 Å². The summed E-state index contributed by atoms with van der Waals surface area (Å²) in [6.07, 6.45) is 3.11. The van der Waals surface area contributed by atoms with E-state index in [1.165, 1.54) is 19.2 Å². The molecule has 0 aliphatic carbocycles. The Labute approximate surface area is 82.6 Å². The number of rotatable bonds is 4. The molecule has 0 fully saturated rings. The maximum Gasteiger partial charge on any atom is 0.267 e. The number of amides is 1. The minimum atomic E-state index is -0.463. The van der Waals surface area contributed by atoms with E-state index in [-0.39, 0.29) is 18.0 Å². The molecule has 0 aromatic rings. The summed E-state index contributed by atoms with van der Waals surface area (Å²) in [6.45, 7) is 3.20. The molecule has 78 valence electrons. The van der Waals surface area contributed by atoms with Crippen molar-refractivity contribution >= 4 is 5.91 Å². The van der Waals surface area contributed by atoms with Gasteiger partial charge in [0.15, 0.2) is 0 Å². The summed E-state index contributed by atoms with van der Waals surface area (Å²) >= 11 is 0. The lowest BCUT2D eigenvalue weighted by atomic mass is 10.2. The van der Waals surface area contributed by atoms with Gasteiger partial charge < -0.3 is 5.32 Å². The summed E-state index contributed by atoms with van der Waals surface area (Å²) < 4.78 is 0. The first-order chi connectivity index (χ1) is 6.52. The van der Waals surface area contributed by atoms with Crippen LogP contribution in [0.15, 0.2) is 23.4 Å². The maximum atomic E-state index is 10.9. The van der Waals surface area contributed by atoms with Crippen LogP contribution < -0.4 is 5.32 Å². The van der Waals surface area contributed by atoms with E-state index < -0.39 is 4.92 Å². The number of allylic oxidation sites excluding steroid dienone is 2. The average molecular weight is 198 g/mol. The van der Waals surface area contributed by atoms with Gasteiger partial charge in [-0.1, -0.05) is 6.08 Å². The van der Waals surface area contributed by atoms with Gasteiger partial charge >= 0.3 is 0 Å². The molecule has 0 spiro atoms. The lowest BCUT2D eigenvalue weighted by molar-refractivity contribution is -0.421. The van der Waals surface area contributed by atoms with Crippen LogP contribution in [0.3, 0.4) is 0 Å². The SMILES string of the molecule is CC=C(C(C)=CCC(=O)NC)[N+](=O)[O-]. The number of nitrogens with zero attached hydrogens (tertiary/aromatic N) is 1. The third kappa shape index (κ3) is 3.84. The predicted molar refractivity (Wildman–Crippen MR) is 53.2 cm³/mol. The zero-order chi connectivity index (χ0) is 11.1. The van der Waals surface area contributed by atoms with Crippen LogP contribution in [0.4, 0.5) is 0 Å². The third-order valence-corrected chi connectivity index (χ3v) is 1.75. The van der Waals surface area contributed by atoms with E-state index in [0.29, 0.717) is 5.57 Å². The second-order valence-corrected chi connectivity index (χ2v) is 2.70. The van der Waals surface area contributed by atoms with Crippen molar-refractivity contribution in [2.75, 3.05) is 7.05 Å². The van der Waals surface area contributed by atoms with Gasteiger partial charge in [-0.3, -0.25) is 14.9 Å². The fourth-order valence-corrected chi connectivity index (χ4v) is 0.929. The number of hydrogen-bond donors (Lipinski definition) is 1. The Morgan fingerprint density at radius 1 is 1.57 bits per heavy atom. The van der Waals surface area contributed by atoms with Crippen LogP contribution in [-0.4, -0.2) is 17.9 Å². The first-order valence-electron chi connectivity index (χ1n) is 4.21. The summed E-state index contributed by atoms with van der Waals surface area (Å²) in [7, 11) is 1.52. The first-order valence-corrected chi connectivity index (χ1v) is 4.21. The van der Waals surface area contributed by atoms with Gasteiger partial charge in [0.05, 0.1) is 4.92 Å². The van der Waals surface area contributed by atoms with Crippen molar-refractivity contribution in [3.63, 3.8) is 0 Å². The van der Waals surface area contributed by atoms with Crippen LogP contribution in [0.5, 0.6) is 0 Å². The molecule has 0 saturated heterocycles. The highest BCUT2D eigenvalue weighted by Crippen LogP contribution is 2.10. The van der Waals surface area contributed by atoms with Crippen molar-refractivity contribution in [1.29, 1.82) is 0 Å². The molecular weight excluding hydrogens is 184 g/mol. The second kappa shape index (κ2) is 5.90. The van der Waals surface area contributed by atoms with E-state index in [9.17, 15) is 14.9 Å². The summed E-state index contributed by atoms with van der Waals surface area (Å²) in [4.78, 5) is 20.9. The van der Waals surface area contributed by atoms with Crippen molar-refractivity contribution in [3.05, 3.63) is 33.5 Å². The highest BCUT2D eigenvalue weighted by atomic mass is 16.6. The largest absolute Gasteiger partial charge is 0.359 e. The number of nitrogens with one attached hydrogen (secondary N) is 1. The molecule has 0 heterocycles. The van der Waals surface area contributed by atoms with Gasteiger partial charge in [0.2, 0.25) is 5.91 Å². The van der Waals surface area contributed by atoms with Gasteiger partial charge in [0.1, 0.15) is 0 Å². The van der Waals surface area contributed by atoms with E-state index >= 15 is 0 Å². The quantitative estimate of drug-likeness (QED) is 0.419. The molecule has 0 aromatic heterocycles. The normalized spacial score (nSPS) is 12.5. The molecular formula is C9H14N2O3. The number of nitro groups is 1. The van der Waals surface area contributed by atoms with Crippen LogP contribution in [0.2, 0.25) is 0 Å². The number of carbonyl (C=O) groups excluding carboxylic acids is 1. The minimum absolute atomic E-state index is 0.0360. The molecule has 1 amide bonds. The molecule has 5 nitrogen and oxygen atoms in total. The maximum absolute atomic E-state index is 10.9. The molecule has 0 radical (unpaired) electrons.